The molecule has 0 amide bonds. The molecule has 0 heterocycles. The van der Waals surface area contributed by atoms with Crippen molar-refractivity contribution in [3.8, 4) is 0 Å². The summed E-state index contributed by atoms with van der Waals surface area (Å²) in [6.45, 7) is 15.6. The molecule has 0 saturated carbocycles. The van der Waals surface area contributed by atoms with Gasteiger partial charge in [-0.3, -0.25) is 0 Å². The summed E-state index contributed by atoms with van der Waals surface area (Å²) in [5.41, 5.74) is 2.06. The monoisotopic (exact) mass is 258 g/mol. The molecule has 17 heavy (non-hydrogen) atoms. The smallest absolute Gasteiger partial charge is 0.545 e. The summed E-state index contributed by atoms with van der Waals surface area (Å²) in [7, 11) is 0. The van der Waals surface area contributed by atoms with Gasteiger partial charge in [0.2, 0.25) is 0 Å². The number of carbonyl (C=O) groups is 1. The summed E-state index contributed by atoms with van der Waals surface area (Å²) in [5.74, 6) is -1.15. The molecule has 0 aliphatic rings. The van der Waals surface area contributed by atoms with Crippen molar-refractivity contribution in [2.45, 2.75) is 20.8 Å². The molecular weight excluding hydrogens is 239 g/mol. The van der Waals surface area contributed by atoms with E-state index in [4.69, 9.17) is 0 Å². The summed E-state index contributed by atoms with van der Waals surface area (Å²) in [6, 6.07) is 6.46. The molecule has 1 rings (SSSR count). The maximum atomic E-state index is 10.3. The fraction of sp³-hybridized carbons (Fsp3) is 0.214. The van der Waals surface area contributed by atoms with Gasteiger partial charge in [-0.2, -0.15) is 0 Å². The molecule has 0 bridgehead atoms. The number of hydrogen-bond donors (Lipinski definition) is 0. The molecule has 1 aromatic rings. The molecular formula is C14H19KO2. The summed E-state index contributed by atoms with van der Waals surface area (Å²) >= 11 is 0. The summed E-state index contributed by atoms with van der Waals surface area (Å²) in [5, 5.41) is 10.3. The van der Waals surface area contributed by atoms with E-state index in [1.807, 2.05) is 20.8 Å². The molecule has 88 valence electrons. The second-order valence-corrected chi connectivity index (χ2v) is 2.65. The van der Waals surface area contributed by atoms with E-state index in [0.717, 1.165) is 11.1 Å². The summed E-state index contributed by atoms with van der Waals surface area (Å²) in [6.07, 6.45) is 0. The molecule has 0 atom stereocenters. The van der Waals surface area contributed by atoms with Crippen LogP contribution in [0.3, 0.4) is 0 Å². The molecule has 0 aliphatic heterocycles. The van der Waals surface area contributed by atoms with Crippen molar-refractivity contribution in [2.24, 2.45) is 0 Å². The first-order valence-electron chi connectivity index (χ1n) is 5.08. The second-order valence-electron chi connectivity index (χ2n) is 2.65. The van der Waals surface area contributed by atoms with Gasteiger partial charge in [0.05, 0.1) is 5.97 Å². The number of rotatable bonds is 2. The zero-order chi connectivity index (χ0) is 13.1. The maximum absolute atomic E-state index is 10.3. The van der Waals surface area contributed by atoms with Crippen molar-refractivity contribution in [3.63, 3.8) is 0 Å². The van der Waals surface area contributed by atoms with Crippen molar-refractivity contribution in [1.82, 2.24) is 0 Å². The number of aromatic carboxylic acids is 1. The van der Waals surface area contributed by atoms with Crippen LogP contribution in [-0.4, -0.2) is 5.97 Å². The number of carboxylic acid groups (broad SMARTS) is 1. The predicted octanol–water partition coefficient (Wildman–Crippen LogP) is -0.0844. The van der Waals surface area contributed by atoms with Crippen LogP contribution in [-0.2, 0) is 0 Å². The zero-order valence-corrected chi connectivity index (χ0v) is 14.4. The molecule has 0 radical (unpaired) electrons. The SMILES string of the molecule is C=C.C=C(C)c1ccc(C(=O)[O-])cc1.CC.[K+]. The van der Waals surface area contributed by atoms with Crippen LogP contribution >= 0.6 is 0 Å². The number of carboxylic acids is 1. The summed E-state index contributed by atoms with van der Waals surface area (Å²) in [4.78, 5) is 10.3. The Morgan fingerprint density at radius 1 is 1.06 bits per heavy atom. The Balaban J connectivity index is -0.000000355. The fourth-order valence-electron chi connectivity index (χ4n) is 0.891. The normalized spacial score (nSPS) is 7.24. The van der Waals surface area contributed by atoms with E-state index in [2.05, 4.69) is 19.7 Å². The molecule has 0 saturated heterocycles. The number of allylic oxidation sites excluding steroid dienone is 1. The average Bonchev–Trinajstić information content (AvgIpc) is 2.34. The van der Waals surface area contributed by atoms with Crippen molar-refractivity contribution in [2.75, 3.05) is 0 Å². The minimum atomic E-state index is -1.15. The molecule has 0 fully saturated rings. The maximum Gasteiger partial charge on any atom is 1.00 e. The predicted molar refractivity (Wildman–Crippen MR) is 68.1 cm³/mol. The van der Waals surface area contributed by atoms with Gasteiger partial charge in [-0.1, -0.05) is 50.3 Å². The van der Waals surface area contributed by atoms with Crippen LogP contribution in [0.2, 0.25) is 0 Å². The van der Waals surface area contributed by atoms with E-state index in [0.29, 0.717) is 0 Å². The first-order valence-corrected chi connectivity index (χ1v) is 5.08. The molecule has 3 heteroatoms. The van der Waals surface area contributed by atoms with Gasteiger partial charge >= 0.3 is 51.4 Å². The fourth-order valence-corrected chi connectivity index (χ4v) is 0.891. The van der Waals surface area contributed by atoms with Gasteiger partial charge in [0, 0.05) is 0 Å². The Labute approximate surface area is 147 Å². The van der Waals surface area contributed by atoms with E-state index in [-0.39, 0.29) is 56.9 Å². The van der Waals surface area contributed by atoms with Crippen molar-refractivity contribution in [1.29, 1.82) is 0 Å². The zero-order valence-electron chi connectivity index (χ0n) is 11.2. The average molecular weight is 258 g/mol. The van der Waals surface area contributed by atoms with Crippen molar-refractivity contribution in [3.05, 3.63) is 55.1 Å². The minimum Gasteiger partial charge on any atom is -0.545 e. The van der Waals surface area contributed by atoms with Crippen LogP contribution in [0.5, 0.6) is 0 Å². The molecule has 1 aromatic carbocycles. The molecule has 0 N–H and O–H groups in total. The third kappa shape index (κ3) is 9.50. The number of benzene rings is 1. The molecule has 0 aromatic heterocycles. The third-order valence-corrected chi connectivity index (χ3v) is 1.61. The first-order chi connectivity index (χ1) is 7.61. The largest absolute Gasteiger partial charge is 1.00 e. The van der Waals surface area contributed by atoms with Crippen molar-refractivity contribution >= 4 is 11.5 Å². The summed E-state index contributed by atoms with van der Waals surface area (Å²) < 4.78 is 0. The van der Waals surface area contributed by atoms with E-state index < -0.39 is 5.97 Å². The Morgan fingerprint density at radius 2 is 1.35 bits per heavy atom. The Morgan fingerprint density at radius 3 is 1.59 bits per heavy atom. The molecule has 2 nitrogen and oxygen atoms in total. The Hall–Kier alpha value is -0.194. The topological polar surface area (TPSA) is 40.1 Å². The van der Waals surface area contributed by atoms with Crippen LogP contribution in [0.15, 0.2) is 44.0 Å². The molecule has 0 spiro atoms. The van der Waals surface area contributed by atoms with Gasteiger partial charge in [0.25, 0.3) is 0 Å². The Kier molecular flexibility index (Phi) is 18.0. The van der Waals surface area contributed by atoms with E-state index >= 15 is 0 Å². The molecule has 0 aliphatic carbocycles. The van der Waals surface area contributed by atoms with Gasteiger partial charge in [0.15, 0.2) is 0 Å². The second kappa shape index (κ2) is 13.9. The third-order valence-electron chi connectivity index (χ3n) is 1.61. The molecule has 0 unspecified atom stereocenters. The van der Waals surface area contributed by atoms with Crippen molar-refractivity contribution < 1.29 is 61.3 Å². The number of carbonyl (C=O) groups excluding carboxylic acids is 1. The quantitative estimate of drug-likeness (QED) is 0.550. The van der Waals surface area contributed by atoms with Gasteiger partial charge < -0.3 is 9.90 Å². The Bertz CT molecular complexity index is 296. The standard InChI is InChI=1S/C10H10O2.C2H6.C2H4.K/c1-7(2)8-3-5-9(6-4-8)10(11)12;2*1-2;/h3-6H,1H2,2H3,(H,11,12);1-2H3;1-2H2;/q;;;+1/p-1. The van der Waals surface area contributed by atoms with Gasteiger partial charge in [-0.15, -0.1) is 13.2 Å². The van der Waals surface area contributed by atoms with Gasteiger partial charge in [-0.05, 0) is 18.1 Å². The van der Waals surface area contributed by atoms with Crippen LogP contribution in [0, 0.1) is 0 Å². The van der Waals surface area contributed by atoms with Crippen LogP contribution < -0.4 is 56.5 Å². The number of hydrogen-bond acceptors (Lipinski definition) is 2. The van der Waals surface area contributed by atoms with Crippen LogP contribution in [0.25, 0.3) is 5.57 Å². The van der Waals surface area contributed by atoms with Crippen LogP contribution in [0.4, 0.5) is 0 Å². The van der Waals surface area contributed by atoms with Gasteiger partial charge in [-0.25, -0.2) is 0 Å². The van der Waals surface area contributed by atoms with Crippen LogP contribution in [0.1, 0.15) is 36.7 Å². The van der Waals surface area contributed by atoms with Gasteiger partial charge in [0.1, 0.15) is 0 Å². The van der Waals surface area contributed by atoms with E-state index in [9.17, 15) is 9.90 Å². The first kappa shape index (κ1) is 22.0. The minimum absolute atomic E-state index is 0. The van der Waals surface area contributed by atoms with E-state index in [1.165, 1.54) is 12.1 Å². The van der Waals surface area contributed by atoms with E-state index in [1.54, 1.807) is 12.1 Å².